The molecular formula is C16H19ClN2O2. The summed E-state index contributed by atoms with van der Waals surface area (Å²) in [7, 11) is 0. The van der Waals surface area contributed by atoms with Gasteiger partial charge in [0.15, 0.2) is 0 Å². The minimum absolute atomic E-state index is 0.313. The van der Waals surface area contributed by atoms with Crippen molar-refractivity contribution in [2.24, 2.45) is 4.99 Å². The van der Waals surface area contributed by atoms with E-state index in [1.54, 1.807) is 29.3 Å². The van der Waals surface area contributed by atoms with Gasteiger partial charge in [0.1, 0.15) is 5.75 Å². The van der Waals surface area contributed by atoms with Crippen LogP contribution in [-0.4, -0.2) is 30.3 Å². The van der Waals surface area contributed by atoms with E-state index < -0.39 is 0 Å². The number of halogens is 1. The standard InChI is InChI=1S/C16H19ClN2O2/c1-3-14(18-4-2)13-11-12(17)7-8-15(13)21-16(20)19-9-5-6-10-19/h3-4,7-8,11H,5-6,9-10H2,1-2H3. The lowest BCUT2D eigenvalue weighted by Crippen LogP contribution is -2.30. The molecule has 0 aromatic heterocycles. The summed E-state index contributed by atoms with van der Waals surface area (Å²) in [5.74, 6) is 0.481. The second kappa shape index (κ2) is 7.27. The molecule has 1 aromatic rings. The number of ether oxygens (including phenoxy) is 1. The van der Waals surface area contributed by atoms with Gasteiger partial charge in [-0.05, 0) is 44.9 Å². The van der Waals surface area contributed by atoms with Gasteiger partial charge in [-0.25, -0.2) is 4.79 Å². The van der Waals surface area contributed by atoms with E-state index in [0.717, 1.165) is 37.2 Å². The van der Waals surface area contributed by atoms with E-state index in [9.17, 15) is 4.79 Å². The fraction of sp³-hybridized carbons (Fsp3) is 0.375. The number of carbonyl (C=O) groups excluding carboxylic acids is 1. The van der Waals surface area contributed by atoms with E-state index >= 15 is 0 Å². The number of amides is 1. The first kappa shape index (κ1) is 15.6. The first-order valence-electron chi connectivity index (χ1n) is 7.07. The molecule has 1 saturated heterocycles. The van der Waals surface area contributed by atoms with E-state index in [1.165, 1.54) is 0 Å². The molecule has 1 aliphatic heterocycles. The molecule has 112 valence electrons. The molecule has 5 heteroatoms. The number of aliphatic imine (C=N–C) groups is 1. The maximum Gasteiger partial charge on any atom is 0.415 e. The quantitative estimate of drug-likeness (QED) is 0.777. The lowest BCUT2D eigenvalue weighted by molar-refractivity contribution is 0.162. The number of benzene rings is 1. The summed E-state index contributed by atoms with van der Waals surface area (Å²) in [4.78, 5) is 18.1. The third-order valence-electron chi connectivity index (χ3n) is 3.32. The number of hydrogen-bond donors (Lipinski definition) is 0. The van der Waals surface area contributed by atoms with Gasteiger partial charge in [0.25, 0.3) is 0 Å². The number of rotatable bonds is 3. The van der Waals surface area contributed by atoms with E-state index in [4.69, 9.17) is 16.3 Å². The topological polar surface area (TPSA) is 41.9 Å². The maximum absolute atomic E-state index is 12.1. The van der Waals surface area contributed by atoms with Gasteiger partial charge >= 0.3 is 6.09 Å². The van der Waals surface area contributed by atoms with Crippen LogP contribution in [0.25, 0.3) is 5.70 Å². The fourth-order valence-corrected chi connectivity index (χ4v) is 2.46. The number of hydrogen-bond acceptors (Lipinski definition) is 3. The normalized spacial score (nSPS) is 15.8. The third-order valence-corrected chi connectivity index (χ3v) is 3.56. The predicted molar refractivity (Wildman–Crippen MR) is 86.1 cm³/mol. The summed E-state index contributed by atoms with van der Waals surface area (Å²) < 4.78 is 5.53. The van der Waals surface area contributed by atoms with Crippen LogP contribution in [0.3, 0.4) is 0 Å². The summed E-state index contributed by atoms with van der Waals surface area (Å²) in [6.07, 6.45) is 5.30. The van der Waals surface area contributed by atoms with Crippen molar-refractivity contribution in [2.75, 3.05) is 13.1 Å². The molecule has 0 unspecified atom stereocenters. The highest BCUT2D eigenvalue weighted by Gasteiger charge is 2.21. The van der Waals surface area contributed by atoms with Crippen LogP contribution in [0.1, 0.15) is 32.3 Å². The average Bonchev–Trinajstić information content (AvgIpc) is 3.01. The summed E-state index contributed by atoms with van der Waals surface area (Å²) in [6, 6.07) is 5.18. The Balaban J connectivity index is 2.28. The van der Waals surface area contributed by atoms with Gasteiger partial charge in [0.2, 0.25) is 0 Å². The van der Waals surface area contributed by atoms with E-state index in [-0.39, 0.29) is 6.09 Å². The molecule has 2 rings (SSSR count). The number of allylic oxidation sites excluding steroid dienone is 1. The lowest BCUT2D eigenvalue weighted by atomic mass is 10.1. The second-order valence-corrected chi connectivity index (χ2v) is 5.20. The number of nitrogens with zero attached hydrogens (tertiary/aromatic N) is 2. The Morgan fingerprint density at radius 3 is 2.67 bits per heavy atom. The fourth-order valence-electron chi connectivity index (χ4n) is 2.29. The monoisotopic (exact) mass is 306 g/mol. The molecule has 21 heavy (non-hydrogen) atoms. The highest BCUT2D eigenvalue weighted by Crippen LogP contribution is 2.30. The molecule has 1 aromatic carbocycles. The largest absolute Gasteiger partial charge is 0.415 e. The molecule has 0 atom stereocenters. The van der Waals surface area contributed by atoms with E-state index in [0.29, 0.717) is 10.8 Å². The highest BCUT2D eigenvalue weighted by molar-refractivity contribution is 6.30. The van der Waals surface area contributed by atoms with Gasteiger partial charge in [-0.2, -0.15) is 0 Å². The zero-order valence-corrected chi connectivity index (χ0v) is 13.1. The molecule has 1 aliphatic rings. The van der Waals surface area contributed by atoms with Gasteiger partial charge in [0.05, 0.1) is 5.70 Å². The molecule has 0 bridgehead atoms. The zero-order chi connectivity index (χ0) is 15.2. The molecule has 1 fully saturated rings. The Morgan fingerprint density at radius 2 is 2.05 bits per heavy atom. The van der Waals surface area contributed by atoms with Crippen LogP contribution in [-0.2, 0) is 0 Å². The lowest BCUT2D eigenvalue weighted by Gasteiger charge is -2.17. The van der Waals surface area contributed by atoms with Crippen LogP contribution in [0.5, 0.6) is 5.75 Å². The Bertz CT molecular complexity index is 576. The van der Waals surface area contributed by atoms with Crippen molar-refractivity contribution in [2.45, 2.75) is 26.7 Å². The minimum atomic E-state index is -0.313. The molecule has 0 N–H and O–H groups in total. The summed E-state index contributed by atoms with van der Waals surface area (Å²) in [5.41, 5.74) is 1.44. The van der Waals surface area contributed by atoms with E-state index in [2.05, 4.69) is 4.99 Å². The molecule has 0 saturated carbocycles. The smallest absolute Gasteiger partial charge is 0.409 e. The molecule has 0 radical (unpaired) electrons. The van der Waals surface area contributed by atoms with Crippen LogP contribution in [0.15, 0.2) is 29.3 Å². The molecule has 1 heterocycles. The van der Waals surface area contributed by atoms with Gasteiger partial charge in [-0.1, -0.05) is 17.7 Å². The van der Waals surface area contributed by atoms with Gasteiger partial charge in [-0.3, -0.25) is 4.99 Å². The van der Waals surface area contributed by atoms with Crippen LogP contribution in [0.2, 0.25) is 5.02 Å². The van der Waals surface area contributed by atoms with Crippen molar-refractivity contribution in [1.82, 2.24) is 4.90 Å². The molecule has 1 amide bonds. The minimum Gasteiger partial charge on any atom is -0.409 e. The van der Waals surface area contributed by atoms with Gasteiger partial charge in [-0.15, -0.1) is 0 Å². The van der Waals surface area contributed by atoms with Crippen molar-refractivity contribution in [1.29, 1.82) is 0 Å². The maximum atomic E-state index is 12.1. The van der Waals surface area contributed by atoms with Gasteiger partial charge in [0, 0.05) is 29.9 Å². The predicted octanol–water partition coefficient (Wildman–Crippen LogP) is 4.39. The van der Waals surface area contributed by atoms with Crippen molar-refractivity contribution in [3.8, 4) is 5.75 Å². The van der Waals surface area contributed by atoms with Crippen LogP contribution in [0.4, 0.5) is 4.79 Å². The van der Waals surface area contributed by atoms with Crippen molar-refractivity contribution in [3.63, 3.8) is 0 Å². The van der Waals surface area contributed by atoms with Crippen LogP contribution < -0.4 is 4.74 Å². The average molecular weight is 307 g/mol. The van der Waals surface area contributed by atoms with Gasteiger partial charge < -0.3 is 9.64 Å². The molecule has 0 aliphatic carbocycles. The summed E-state index contributed by atoms with van der Waals surface area (Å²) in [5, 5.41) is 0.580. The highest BCUT2D eigenvalue weighted by atomic mass is 35.5. The third kappa shape index (κ3) is 3.85. The van der Waals surface area contributed by atoms with Crippen LogP contribution >= 0.6 is 11.6 Å². The Labute approximate surface area is 130 Å². The second-order valence-electron chi connectivity index (χ2n) is 4.76. The molecule has 0 spiro atoms. The summed E-state index contributed by atoms with van der Waals surface area (Å²) >= 11 is 6.05. The van der Waals surface area contributed by atoms with Crippen molar-refractivity contribution >= 4 is 29.6 Å². The van der Waals surface area contributed by atoms with Crippen molar-refractivity contribution < 1.29 is 9.53 Å². The Hall–Kier alpha value is -1.81. The first-order valence-corrected chi connectivity index (χ1v) is 7.45. The SMILES string of the molecule is CC=NC(=CC)c1cc(Cl)ccc1OC(=O)N1CCCC1. The van der Waals surface area contributed by atoms with Crippen molar-refractivity contribution in [3.05, 3.63) is 34.9 Å². The number of carbonyl (C=O) groups is 1. The first-order chi connectivity index (χ1) is 10.2. The Kier molecular flexibility index (Phi) is 5.39. The molecule has 4 nitrogen and oxygen atoms in total. The summed E-state index contributed by atoms with van der Waals surface area (Å²) in [6.45, 7) is 5.23. The van der Waals surface area contributed by atoms with Crippen LogP contribution in [0, 0.1) is 0 Å². The number of likely N-dealkylation sites (tertiary alicyclic amines) is 1. The van der Waals surface area contributed by atoms with E-state index in [1.807, 2.05) is 19.9 Å². The molecular weight excluding hydrogens is 288 g/mol. The zero-order valence-electron chi connectivity index (χ0n) is 12.3. The Morgan fingerprint density at radius 1 is 1.33 bits per heavy atom.